The molecule has 66 valence electrons. The second-order valence-corrected chi connectivity index (χ2v) is 4.22. The first-order valence-corrected chi connectivity index (χ1v) is 5.87. The molecule has 0 atom stereocenters. The molecule has 1 aromatic carbocycles. The van der Waals surface area contributed by atoms with Crippen LogP contribution in [0.15, 0.2) is 18.2 Å². The average Bonchev–Trinajstić information content (AvgIpc) is 2.09. The van der Waals surface area contributed by atoms with Crippen LogP contribution in [0.1, 0.15) is 11.1 Å². The maximum absolute atomic E-state index is 12.0. The van der Waals surface area contributed by atoms with Crippen LogP contribution in [-0.4, -0.2) is 6.67 Å². The molecule has 3 heteroatoms. The van der Waals surface area contributed by atoms with Gasteiger partial charge in [0.05, 0.1) is 6.67 Å². The Morgan fingerprint density at radius 3 is 2.67 bits per heavy atom. The minimum atomic E-state index is -0.274. The van der Waals surface area contributed by atoms with Crippen LogP contribution in [0.25, 0.3) is 0 Å². The van der Waals surface area contributed by atoms with E-state index in [4.69, 9.17) is 0 Å². The second kappa shape index (κ2) is 5.17. The van der Waals surface area contributed by atoms with Gasteiger partial charge in [0.25, 0.3) is 0 Å². The molecule has 0 fully saturated rings. The molecule has 0 bridgehead atoms. The van der Waals surface area contributed by atoms with Crippen molar-refractivity contribution in [2.24, 2.45) is 0 Å². The molecule has 0 spiro atoms. The molecule has 0 aliphatic carbocycles. The lowest BCUT2D eigenvalue weighted by atomic mass is 10.1. The summed E-state index contributed by atoms with van der Waals surface area (Å²) < 4.78 is 13.2. The van der Waals surface area contributed by atoms with Gasteiger partial charge in [0.15, 0.2) is 0 Å². The van der Waals surface area contributed by atoms with Gasteiger partial charge in [0, 0.05) is 15.3 Å². The monoisotopic (exact) mass is 342 g/mol. The van der Waals surface area contributed by atoms with E-state index in [0.717, 1.165) is 14.5 Å². The van der Waals surface area contributed by atoms with Crippen molar-refractivity contribution < 1.29 is 4.39 Å². The molecule has 0 radical (unpaired) electrons. The lowest BCUT2D eigenvalue weighted by molar-refractivity contribution is 0.495. The van der Waals surface area contributed by atoms with Crippen molar-refractivity contribution in [1.82, 2.24) is 0 Å². The topological polar surface area (TPSA) is 0 Å². The van der Waals surface area contributed by atoms with Gasteiger partial charge in [-0.05, 0) is 39.8 Å². The zero-order valence-electron chi connectivity index (χ0n) is 6.49. The Balaban J connectivity index is 2.87. The molecule has 0 amide bonds. The van der Waals surface area contributed by atoms with Gasteiger partial charge in [-0.2, -0.15) is 0 Å². The molecule has 0 N–H and O–H groups in total. The third-order valence-corrected chi connectivity index (χ3v) is 3.29. The Kier molecular flexibility index (Phi) is 4.50. The van der Waals surface area contributed by atoms with E-state index in [0.29, 0.717) is 6.42 Å². The van der Waals surface area contributed by atoms with Gasteiger partial charge in [0.2, 0.25) is 0 Å². The van der Waals surface area contributed by atoms with Crippen molar-refractivity contribution in [1.29, 1.82) is 0 Å². The van der Waals surface area contributed by atoms with E-state index < -0.39 is 0 Å². The van der Waals surface area contributed by atoms with Crippen LogP contribution in [0.4, 0.5) is 4.39 Å². The van der Waals surface area contributed by atoms with Crippen molar-refractivity contribution in [3.8, 4) is 0 Å². The SMILES string of the molecule is FCCc1ccc(CBr)cc1I. The first-order valence-electron chi connectivity index (χ1n) is 3.67. The predicted molar refractivity (Wildman–Crippen MR) is 61.5 cm³/mol. The highest BCUT2D eigenvalue weighted by Gasteiger charge is 1.99. The molecule has 0 saturated carbocycles. The number of benzene rings is 1. The number of alkyl halides is 2. The summed E-state index contributed by atoms with van der Waals surface area (Å²) in [4.78, 5) is 0. The highest BCUT2D eigenvalue weighted by atomic mass is 127. The Labute approximate surface area is 93.8 Å². The van der Waals surface area contributed by atoms with E-state index in [2.05, 4.69) is 44.6 Å². The lowest BCUT2D eigenvalue weighted by Gasteiger charge is -2.03. The van der Waals surface area contributed by atoms with Crippen LogP contribution >= 0.6 is 38.5 Å². The molecule has 0 aliphatic rings. The Hall–Kier alpha value is 0.360. The van der Waals surface area contributed by atoms with Crippen LogP contribution in [0, 0.1) is 3.57 Å². The third kappa shape index (κ3) is 2.69. The number of rotatable bonds is 3. The number of hydrogen-bond donors (Lipinski definition) is 0. The molecule has 0 heterocycles. The zero-order chi connectivity index (χ0) is 8.97. The molecule has 0 aromatic heterocycles. The predicted octanol–water partition coefficient (Wildman–Crippen LogP) is 3.70. The smallest absolute Gasteiger partial charge is 0.0935 e. The van der Waals surface area contributed by atoms with Gasteiger partial charge < -0.3 is 0 Å². The van der Waals surface area contributed by atoms with Gasteiger partial charge in [-0.3, -0.25) is 4.39 Å². The van der Waals surface area contributed by atoms with E-state index in [1.54, 1.807) is 0 Å². The first kappa shape index (κ1) is 10.4. The third-order valence-electron chi connectivity index (χ3n) is 1.64. The maximum Gasteiger partial charge on any atom is 0.0935 e. The standard InChI is InChI=1S/C9H9BrFI/c10-6-7-1-2-8(3-4-11)9(12)5-7/h1-2,5H,3-4,6H2. The highest BCUT2D eigenvalue weighted by molar-refractivity contribution is 14.1. The molecule has 12 heavy (non-hydrogen) atoms. The summed E-state index contributed by atoms with van der Waals surface area (Å²) in [5.41, 5.74) is 2.34. The molecular formula is C9H9BrFI. The van der Waals surface area contributed by atoms with Crippen LogP contribution in [0.3, 0.4) is 0 Å². The Morgan fingerprint density at radius 2 is 2.17 bits per heavy atom. The summed E-state index contributed by atoms with van der Waals surface area (Å²) in [5, 5.41) is 0.860. The van der Waals surface area contributed by atoms with E-state index >= 15 is 0 Å². The van der Waals surface area contributed by atoms with E-state index in [-0.39, 0.29) is 6.67 Å². The molecule has 0 saturated heterocycles. The zero-order valence-corrected chi connectivity index (χ0v) is 10.2. The van der Waals surface area contributed by atoms with Crippen LogP contribution in [0.5, 0.6) is 0 Å². The second-order valence-electron chi connectivity index (χ2n) is 2.50. The van der Waals surface area contributed by atoms with Crippen molar-refractivity contribution in [3.05, 3.63) is 32.9 Å². The summed E-state index contributed by atoms with van der Waals surface area (Å²) in [6.07, 6.45) is 0.529. The van der Waals surface area contributed by atoms with E-state index in [9.17, 15) is 4.39 Å². The molecule has 1 rings (SSSR count). The molecule has 1 aromatic rings. The highest BCUT2D eigenvalue weighted by Crippen LogP contribution is 2.16. The van der Waals surface area contributed by atoms with Gasteiger partial charge in [0.1, 0.15) is 0 Å². The van der Waals surface area contributed by atoms with Crippen LogP contribution in [-0.2, 0) is 11.8 Å². The summed E-state index contributed by atoms with van der Waals surface area (Å²) in [7, 11) is 0. The summed E-state index contributed by atoms with van der Waals surface area (Å²) in [5.74, 6) is 0. The van der Waals surface area contributed by atoms with Crippen LogP contribution in [0.2, 0.25) is 0 Å². The molecule has 0 aliphatic heterocycles. The van der Waals surface area contributed by atoms with E-state index in [1.807, 2.05) is 12.1 Å². The summed E-state index contributed by atoms with van der Waals surface area (Å²) in [6, 6.07) is 6.11. The lowest BCUT2D eigenvalue weighted by Crippen LogP contribution is -1.92. The number of hydrogen-bond acceptors (Lipinski definition) is 0. The van der Waals surface area contributed by atoms with Gasteiger partial charge in [-0.15, -0.1) is 0 Å². The normalized spacial score (nSPS) is 10.2. The largest absolute Gasteiger partial charge is 0.251 e. The fourth-order valence-electron chi connectivity index (χ4n) is 0.978. The fourth-order valence-corrected chi connectivity index (χ4v) is 2.18. The summed E-state index contributed by atoms with van der Waals surface area (Å²) in [6.45, 7) is -0.274. The Bertz CT molecular complexity index is 263. The minimum Gasteiger partial charge on any atom is -0.251 e. The number of halogens is 3. The number of aryl methyl sites for hydroxylation is 1. The van der Waals surface area contributed by atoms with Crippen molar-refractivity contribution in [2.45, 2.75) is 11.8 Å². The molecule has 0 unspecified atom stereocenters. The van der Waals surface area contributed by atoms with Gasteiger partial charge >= 0.3 is 0 Å². The maximum atomic E-state index is 12.0. The molecule has 0 nitrogen and oxygen atoms in total. The van der Waals surface area contributed by atoms with E-state index in [1.165, 1.54) is 5.56 Å². The first-order chi connectivity index (χ1) is 5.77. The van der Waals surface area contributed by atoms with Crippen molar-refractivity contribution in [3.63, 3.8) is 0 Å². The quantitative estimate of drug-likeness (QED) is 0.580. The van der Waals surface area contributed by atoms with Crippen LogP contribution < -0.4 is 0 Å². The minimum absolute atomic E-state index is 0.274. The van der Waals surface area contributed by atoms with Crippen molar-refractivity contribution >= 4 is 38.5 Å². The fraction of sp³-hybridized carbons (Fsp3) is 0.333. The average molecular weight is 343 g/mol. The van der Waals surface area contributed by atoms with Gasteiger partial charge in [-0.1, -0.05) is 28.1 Å². The summed E-state index contributed by atoms with van der Waals surface area (Å²) >= 11 is 5.62. The van der Waals surface area contributed by atoms with Gasteiger partial charge in [-0.25, -0.2) is 0 Å². The molecular weight excluding hydrogens is 334 g/mol. The Morgan fingerprint density at radius 1 is 1.42 bits per heavy atom. The van der Waals surface area contributed by atoms with Crippen molar-refractivity contribution in [2.75, 3.05) is 6.67 Å².